The van der Waals surface area contributed by atoms with Gasteiger partial charge in [0.1, 0.15) is 0 Å². The predicted octanol–water partition coefficient (Wildman–Crippen LogP) is 2.86. The number of aromatic nitrogens is 2. The Kier molecular flexibility index (Phi) is 6.73. The number of nitrogens with zero attached hydrogens (tertiary/aromatic N) is 5. The molecule has 0 N–H and O–H groups in total. The summed E-state index contributed by atoms with van der Waals surface area (Å²) >= 11 is 5.97. The normalized spacial score (nSPS) is 14.9. The van der Waals surface area contributed by atoms with E-state index in [4.69, 9.17) is 11.6 Å². The van der Waals surface area contributed by atoms with Gasteiger partial charge >= 0.3 is 0 Å². The van der Waals surface area contributed by atoms with Gasteiger partial charge < -0.3 is 9.80 Å². The highest BCUT2D eigenvalue weighted by atomic mass is 35.5. The van der Waals surface area contributed by atoms with Crippen molar-refractivity contribution < 1.29 is 13.2 Å². The summed E-state index contributed by atoms with van der Waals surface area (Å²) in [5.74, 6) is -0.384. The zero-order valence-corrected chi connectivity index (χ0v) is 20.1. The first-order valence-electron chi connectivity index (χ1n) is 10.6. The fourth-order valence-corrected chi connectivity index (χ4v) is 5.57. The van der Waals surface area contributed by atoms with Gasteiger partial charge in [0, 0.05) is 63.7 Å². The van der Waals surface area contributed by atoms with Gasteiger partial charge in [0.25, 0.3) is 15.9 Å². The number of halogens is 1. The highest BCUT2D eigenvalue weighted by molar-refractivity contribution is 7.89. The first kappa shape index (κ1) is 23.3. The first-order chi connectivity index (χ1) is 15.8. The third-order valence-electron chi connectivity index (χ3n) is 5.65. The summed E-state index contributed by atoms with van der Waals surface area (Å²) in [6, 6.07) is 17.0. The van der Waals surface area contributed by atoms with Crippen molar-refractivity contribution in [2.45, 2.75) is 11.6 Å². The maximum atomic E-state index is 13.4. The summed E-state index contributed by atoms with van der Waals surface area (Å²) in [4.78, 5) is 16.8. The lowest BCUT2D eigenvalue weighted by Gasteiger charge is -2.35. The van der Waals surface area contributed by atoms with Crippen LogP contribution in [-0.2, 0) is 23.6 Å². The maximum Gasteiger partial charge on any atom is 0.263 e. The van der Waals surface area contributed by atoms with Crippen molar-refractivity contribution in [1.29, 1.82) is 0 Å². The molecule has 8 nitrogen and oxygen atoms in total. The average molecular weight is 488 g/mol. The lowest BCUT2D eigenvalue weighted by molar-refractivity contribution is 0.0781. The quantitative estimate of drug-likeness (QED) is 0.534. The number of anilines is 1. The fraction of sp³-hybridized carbons (Fsp3) is 0.304. The van der Waals surface area contributed by atoms with E-state index in [1.54, 1.807) is 14.1 Å². The van der Waals surface area contributed by atoms with Crippen LogP contribution in [-0.4, -0.2) is 66.5 Å². The smallest absolute Gasteiger partial charge is 0.263 e. The van der Waals surface area contributed by atoms with Crippen molar-refractivity contribution in [3.05, 3.63) is 76.9 Å². The van der Waals surface area contributed by atoms with E-state index in [1.807, 2.05) is 54.6 Å². The number of carbonyl (C=O) groups is 1. The zero-order valence-electron chi connectivity index (χ0n) is 18.6. The number of rotatable bonds is 6. The second kappa shape index (κ2) is 9.54. The van der Waals surface area contributed by atoms with Gasteiger partial charge in [-0.05, 0) is 29.8 Å². The molecule has 3 aromatic rings. The summed E-state index contributed by atoms with van der Waals surface area (Å²) in [5, 5.41) is 4.62. The van der Waals surface area contributed by atoms with Crippen LogP contribution in [0.5, 0.6) is 0 Å². The number of piperazine rings is 1. The summed E-state index contributed by atoms with van der Waals surface area (Å²) < 4.78 is 29.6. The van der Waals surface area contributed by atoms with Crippen molar-refractivity contribution in [2.75, 3.05) is 38.1 Å². The average Bonchev–Trinajstić information content (AvgIpc) is 3.22. The van der Waals surface area contributed by atoms with E-state index in [0.29, 0.717) is 37.7 Å². The van der Waals surface area contributed by atoms with Crippen LogP contribution in [0.2, 0.25) is 5.02 Å². The monoisotopic (exact) mass is 487 g/mol. The van der Waals surface area contributed by atoms with E-state index < -0.39 is 10.0 Å². The Balaban J connectivity index is 1.50. The molecular formula is C23H26ClN5O3S. The minimum atomic E-state index is -3.93. The Morgan fingerprint density at radius 1 is 1.03 bits per heavy atom. The number of hydrogen-bond donors (Lipinski definition) is 0. The number of aryl methyl sites for hydroxylation is 1. The van der Waals surface area contributed by atoms with Gasteiger partial charge in [-0.2, -0.15) is 9.40 Å². The van der Waals surface area contributed by atoms with Gasteiger partial charge in [0.15, 0.2) is 0 Å². The number of benzene rings is 2. The molecule has 10 heteroatoms. The van der Waals surface area contributed by atoms with E-state index in [9.17, 15) is 13.2 Å². The number of carbonyl (C=O) groups excluding carboxylic acids is 1. The Labute approximate surface area is 199 Å². The van der Waals surface area contributed by atoms with Crippen LogP contribution in [0.3, 0.4) is 0 Å². The van der Waals surface area contributed by atoms with Crippen LogP contribution < -0.4 is 4.90 Å². The molecule has 0 aliphatic carbocycles. The largest absolute Gasteiger partial charge is 0.369 e. The van der Waals surface area contributed by atoms with Crippen LogP contribution in [0.4, 0.5) is 5.69 Å². The summed E-state index contributed by atoms with van der Waals surface area (Å²) in [6.45, 7) is 2.04. The zero-order chi connectivity index (χ0) is 23.6. The molecule has 1 saturated heterocycles. The molecule has 0 spiro atoms. The molecule has 174 valence electrons. The summed E-state index contributed by atoms with van der Waals surface area (Å²) in [6.07, 6.45) is 1.47. The van der Waals surface area contributed by atoms with E-state index in [-0.39, 0.29) is 16.5 Å². The third kappa shape index (κ3) is 5.05. The number of sulfonamides is 1. The fourth-order valence-electron chi connectivity index (χ4n) is 3.90. The van der Waals surface area contributed by atoms with Crippen molar-refractivity contribution >= 4 is 33.2 Å². The molecule has 1 aromatic heterocycles. The second-order valence-corrected chi connectivity index (χ2v) is 10.3. The van der Waals surface area contributed by atoms with Gasteiger partial charge in [-0.15, -0.1) is 0 Å². The van der Waals surface area contributed by atoms with E-state index in [0.717, 1.165) is 11.3 Å². The van der Waals surface area contributed by atoms with E-state index >= 15 is 0 Å². The number of hydrogen-bond acceptors (Lipinski definition) is 5. The molecule has 2 aromatic carbocycles. The molecule has 2 heterocycles. The molecule has 0 atom stereocenters. The van der Waals surface area contributed by atoms with Crippen LogP contribution in [0.15, 0.2) is 65.8 Å². The van der Waals surface area contributed by atoms with Crippen LogP contribution >= 0.6 is 11.6 Å². The molecule has 0 saturated carbocycles. The number of amides is 1. The van der Waals surface area contributed by atoms with Crippen LogP contribution in [0.1, 0.15) is 15.9 Å². The Morgan fingerprint density at radius 2 is 1.67 bits per heavy atom. The van der Waals surface area contributed by atoms with Gasteiger partial charge in [0.05, 0.1) is 5.56 Å². The highest BCUT2D eigenvalue weighted by Crippen LogP contribution is 2.24. The van der Waals surface area contributed by atoms with E-state index in [2.05, 4.69) is 10.00 Å². The van der Waals surface area contributed by atoms with Crippen LogP contribution in [0, 0.1) is 0 Å². The van der Waals surface area contributed by atoms with Crippen molar-refractivity contribution in [1.82, 2.24) is 19.0 Å². The lowest BCUT2D eigenvalue weighted by Crippen LogP contribution is -2.49. The highest BCUT2D eigenvalue weighted by Gasteiger charge is 2.35. The molecule has 0 radical (unpaired) electrons. The minimum Gasteiger partial charge on any atom is -0.369 e. The first-order valence-corrected chi connectivity index (χ1v) is 12.4. The van der Waals surface area contributed by atoms with Gasteiger partial charge in [-0.3, -0.25) is 9.48 Å². The van der Waals surface area contributed by atoms with Gasteiger partial charge in [0.2, 0.25) is 5.03 Å². The SMILES string of the molecule is CN(Cc1ccccc1)C(=O)c1cn(C)nc1S(=O)(=O)N1CCN(c2ccc(Cl)cc2)CC1. The molecule has 1 fully saturated rings. The second-order valence-electron chi connectivity index (χ2n) is 8.04. The Morgan fingerprint density at radius 3 is 2.30 bits per heavy atom. The molecule has 1 aliphatic rings. The molecule has 0 unspecified atom stereocenters. The standard InChI is InChI=1S/C23H26ClN5O3S/c1-26(16-18-6-4-3-5-7-18)23(30)21-17-27(2)25-22(21)33(31,32)29-14-12-28(13-15-29)20-10-8-19(24)9-11-20/h3-11,17H,12-16H2,1-2H3. The summed E-state index contributed by atoms with van der Waals surface area (Å²) in [5.41, 5.74) is 2.03. The van der Waals surface area contributed by atoms with Gasteiger partial charge in [-0.1, -0.05) is 41.9 Å². The Bertz CT molecular complexity index is 1220. The summed E-state index contributed by atoms with van der Waals surface area (Å²) in [7, 11) is -0.657. The lowest BCUT2D eigenvalue weighted by atomic mass is 10.2. The van der Waals surface area contributed by atoms with E-state index in [1.165, 1.54) is 20.1 Å². The minimum absolute atomic E-state index is 0.0797. The topological polar surface area (TPSA) is 78.8 Å². The molecule has 0 bridgehead atoms. The van der Waals surface area contributed by atoms with Crippen molar-refractivity contribution in [2.24, 2.45) is 7.05 Å². The van der Waals surface area contributed by atoms with Crippen molar-refractivity contribution in [3.8, 4) is 0 Å². The molecule has 1 aliphatic heterocycles. The molecule has 1 amide bonds. The molecule has 4 rings (SSSR count). The molecular weight excluding hydrogens is 462 g/mol. The maximum absolute atomic E-state index is 13.4. The Hall–Kier alpha value is -2.88. The van der Waals surface area contributed by atoms with Crippen LogP contribution in [0.25, 0.3) is 0 Å². The predicted molar refractivity (Wildman–Crippen MR) is 128 cm³/mol. The van der Waals surface area contributed by atoms with Gasteiger partial charge in [-0.25, -0.2) is 8.42 Å². The van der Waals surface area contributed by atoms with Crippen molar-refractivity contribution in [3.63, 3.8) is 0 Å². The molecule has 33 heavy (non-hydrogen) atoms. The third-order valence-corrected chi connectivity index (χ3v) is 7.74.